The minimum absolute atomic E-state index is 0.399. The Labute approximate surface area is 114 Å². The van der Waals surface area contributed by atoms with Crippen molar-refractivity contribution in [3.63, 3.8) is 0 Å². The van der Waals surface area contributed by atoms with Crippen molar-refractivity contribution in [3.05, 3.63) is 59.7 Å². The number of ether oxygens (including phenoxy) is 1. The van der Waals surface area contributed by atoms with E-state index in [-0.39, 0.29) is 0 Å². The summed E-state index contributed by atoms with van der Waals surface area (Å²) in [6.45, 7) is 0. The molecule has 0 N–H and O–H groups in total. The summed E-state index contributed by atoms with van der Waals surface area (Å²) in [4.78, 5) is 4.13. The summed E-state index contributed by atoms with van der Waals surface area (Å²) < 4.78 is 42.7. The van der Waals surface area contributed by atoms with Crippen molar-refractivity contribution < 1.29 is 17.9 Å². The molecule has 0 saturated carbocycles. The van der Waals surface area contributed by atoms with Gasteiger partial charge in [-0.3, -0.25) is 4.99 Å². The van der Waals surface area contributed by atoms with Crippen LogP contribution in [0.4, 0.5) is 18.9 Å². The van der Waals surface area contributed by atoms with E-state index >= 15 is 0 Å². The molecular weight excluding hydrogens is 267 g/mol. The van der Waals surface area contributed by atoms with Crippen LogP contribution in [0.2, 0.25) is 0 Å². The average molecular weight is 279 g/mol. The smallest absolute Gasteiger partial charge is 0.416 e. The van der Waals surface area contributed by atoms with E-state index in [9.17, 15) is 13.2 Å². The minimum Gasteiger partial charge on any atom is -0.497 e. The Morgan fingerprint density at radius 1 is 1.05 bits per heavy atom. The van der Waals surface area contributed by atoms with Gasteiger partial charge in [0.2, 0.25) is 0 Å². The Bertz CT molecular complexity index is 603. The molecule has 0 spiro atoms. The highest BCUT2D eigenvalue weighted by Gasteiger charge is 2.30. The van der Waals surface area contributed by atoms with Gasteiger partial charge in [0.25, 0.3) is 0 Å². The van der Waals surface area contributed by atoms with Crippen LogP contribution in [0.1, 0.15) is 11.1 Å². The van der Waals surface area contributed by atoms with Crippen LogP contribution in [-0.4, -0.2) is 13.3 Å². The molecule has 104 valence electrons. The molecule has 0 aliphatic rings. The Kier molecular flexibility index (Phi) is 4.08. The maximum atomic E-state index is 12.6. The van der Waals surface area contributed by atoms with Gasteiger partial charge in [0.15, 0.2) is 0 Å². The van der Waals surface area contributed by atoms with Crippen molar-refractivity contribution in [1.29, 1.82) is 0 Å². The average Bonchev–Trinajstić information content (AvgIpc) is 2.45. The van der Waals surface area contributed by atoms with Crippen molar-refractivity contribution in [3.8, 4) is 5.75 Å². The van der Waals surface area contributed by atoms with Crippen molar-refractivity contribution in [2.75, 3.05) is 7.11 Å². The summed E-state index contributed by atoms with van der Waals surface area (Å²) >= 11 is 0. The molecule has 0 heterocycles. The molecular formula is C15H12F3NO. The first kappa shape index (κ1) is 14.1. The third kappa shape index (κ3) is 3.60. The van der Waals surface area contributed by atoms with Crippen LogP contribution in [0.15, 0.2) is 53.5 Å². The number of hydrogen-bond acceptors (Lipinski definition) is 2. The fourth-order valence-corrected chi connectivity index (χ4v) is 1.61. The lowest BCUT2D eigenvalue weighted by Crippen LogP contribution is -2.04. The standard InChI is InChI=1S/C15H12F3NO/c1-20-14-7-5-13(6-8-14)19-10-11-3-2-4-12(9-11)15(16,17)18/h2-10H,1H3. The fraction of sp³-hybridized carbons (Fsp3) is 0.133. The molecule has 0 fully saturated rings. The SMILES string of the molecule is COc1ccc(N=Cc2cccc(C(F)(F)F)c2)cc1. The molecule has 0 aromatic heterocycles. The number of benzene rings is 2. The molecule has 0 bridgehead atoms. The highest BCUT2D eigenvalue weighted by molar-refractivity contribution is 5.82. The van der Waals surface area contributed by atoms with Gasteiger partial charge in [0.1, 0.15) is 5.75 Å². The molecule has 0 atom stereocenters. The first-order chi connectivity index (χ1) is 9.49. The predicted molar refractivity (Wildman–Crippen MR) is 71.7 cm³/mol. The number of aliphatic imine (C=N–C) groups is 1. The van der Waals surface area contributed by atoms with Gasteiger partial charge in [-0.15, -0.1) is 0 Å². The van der Waals surface area contributed by atoms with Gasteiger partial charge < -0.3 is 4.74 Å². The fourth-order valence-electron chi connectivity index (χ4n) is 1.61. The number of alkyl halides is 3. The lowest BCUT2D eigenvalue weighted by atomic mass is 10.1. The zero-order valence-electron chi connectivity index (χ0n) is 10.7. The van der Waals surface area contributed by atoms with E-state index < -0.39 is 11.7 Å². The zero-order chi connectivity index (χ0) is 14.6. The molecule has 0 amide bonds. The van der Waals surface area contributed by atoms with Gasteiger partial charge in [-0.25, -0.2) is 0 Å². The molecule has 2 aromatic rings. The van der Waals surface area contributed by atoms with Gasteiger partial charge in [-0.1, -0.05) is 12.1 Å². The highest BCUT2D eigenvalue weighted by Crippen LogP contribution is 2.29. The van der Waals surface area contributed by atoms with Crippen molar-refractivity contribution in [1.82, 2.24) is 0 Å². The van der Waals surface area contributed by atoms with Gasteiger partial charge in [-0.05, 0) is 42.0 Å². The molecule has 0 radical (unpaired) electrons. The van der Waals surface area contributed by atoms with Gasteiger partial charge in [0.05, 0.1) is 18.4 Å². The Morgan fingerprint density at radius 3 is 2.35 bits per heavy atom. The summed E-state index contributed by atoms with van der Waals surface area (Å²) in [5.41, 5.74) is 0.357. The Morgan fingerprint density at radius 2 is 1.75 bits per heavy atom. The number of rotatable bonds is 3. The molecule has 0 unspecified atom stereocenters. The van der Waals surface area contributed by atoms with Crippen molar-refractivity contribution in [2.45, 2.75) is 6.18 Å². The summed E-state index contributed by atoms with van der Waals surface area (Å²) in [5, 5.41) is 0. The number of hydrogen-bond donors (Lipinski definition) is 0. The van der Waals surface area contributed by atoms with E-state index in [1.165, 1.54) is 12.3 Å². The number of nitrogens with zero attached hydrogens (tertiary/aromatic N) is 1. The summed E-state index contributed by atoms with van der Waals surface area (Å²) in [7, 11) is 1.56. The van der Waals surface area contributed by atoms with Crippen LogP contribution in [0.25, 0.3) is 0 Å². The van der Waals surface area contributed by atoms with Crippen molar-refractivity contribution in [2.24, 2.45) is 4.99 Å². The second-order valence-electron chi connectivity index (χ2n) is 4.08. The topological polar surface area (TPSA) is 21.6 Å². The molecule has 0 saturated heterocycles. The molecule has 2 aromatic carbocycles. The minimum atomic E-state index is -4.34. The highest BCUT2D eigenvalue weighted by atomic mass is 19.4. The third-order valence-corrected chi connectivity index (χ3v) is 2.65. The molecule has 5 heteroatoms. The van der Waals surface area contributed by atoms with E-state index in [0.29, 0.717) is 17.0 Å². The Balaban J connectivity index is 2.18. The predicted octanol–water partition coefficient (Wildman–Crippen LogP) is 4.46. The quantitative estimate of drug-likeness (QED) is 0.760. The number of halogens is 3. The first-order valence-corrected chi connectivity index (χ1v) is 5.84. The monoisotopic (exact) mass is 279 g/mol. The molecule has 20 heavy (non-hydrogen) atoms. The largest absolute Gasteiger partial charge is 0.497 e. The van der Waals surface area contributed by atoms with Crippen LogP contribution < -0.4 is 4.74 Å². The lowest BCUT2D eigenvalue weighted by molar-refractivity contribution is -0.137. The number of methoxy groups -OCH3 is 1. The van der Waals surface area contributed by atoms with Crippen LogP contribution >= 0.6 is 0 Å². The maximum absolute atomic E-state index is 12.6. The van der Waals surface area contributed by atoms with E-state index in [1.807, 2.05) is 0 Å². The van der Waals surface area contributed by atoms with E-state index in [0.717, 1.165) is 12.1 Å². The first-order valence-electron chi connectivity index (χ1n) is 5.84. The van der Waals surface area contributed by atoms with Gasteiger partial charge in [-0.2, -0.15) is 13.2 Å². The molecule has 2 rings (SSSR count). The maximum Gasteiger partial charge on any atom is 0.416 e. The Hall–Kier alpha value is -2.30. The van der Waals surface area contributed by atoms with Crippen LogP contribution in [0.3, 0.4) is 0 Å². The van der Waals surface area contributed by atoms with E-state index in [2.05, 4.69) is 4.99 Å². The molecule has 0 aliphatic heterocycles. The summed E-state index contributed by atoms with van der Waals surface area (Å²) in [6.07, 6.45) is -2.94. The summed E-state index contributed by atoms with van der Waals surface area (Å²) in [5.74, 6) is 0.697. The lowest BCUT2D eigenvalue weighted by Gasteiger charge is -2.06. The van der Waals surface area contributed by atoms with E-state index in [4.69, 9.17) is 4.74 Å². The normalized spacial score (nSPS) is 11.8. The second kappa shape index (κ2) is 5.77. The van der Waals surface area contributed by atoms with Crippen LogP contribution in [-0.2, 0) is 6.18 Å². The molecule has 2 nitrogen and oxygen atoms in total. The van der Waals surface area contributed by atoms with E-state index in [1.54, 1.807) is 37.4 Å². The van der Waals surface area contributed by atoms with Crippen molar-refractivity contribution >= 4 is 11.9 Å². The van der Waals surface area contributed by atoms with Crippen LogP contribution in [0, 0.1) is 0 Å². The summed E-state index contributed by atoms with van der Waals surface area (Å²) in [6, 6.07) is 11.9. The zero-order valence-corrected chi connectivity index (χ0v) is 10.7. The molecule has 0 aliphatic carbocycles. The van der Waals surface area contributed by atoms with Gasteiger partial charge >= 0.3 is 6.18 Å². The van der Waals surface area contributed by atoms with Gasteiger partial charge in [0, 0.05) is 6.21 Å². The third-order valence-electron chi connectivity index (χ3n) is 2.65. The van der Waals surface area contributed by atoms with Crippen LogP contribution in [0.5, 0.6) is 5.75 Å². The second-order valence-corrected chi connectivity index (χ2v) is 4.08.